The van der Waals surface area contributed by atoms with Crippen LogP contribution in [0.4, 0.5) is 0 Å². The summed E-state index contributed by atoms with van der Waals surface area (Å²) >= 11 is 2.22. The zero-order valence-electron chi connectivity index (χ0n) is 5.75. The molecule has 11 heavy (non-hydrogen) atoms. The molecule has 2 heteroatoms. The van der Waals surface area contributed by atoms with Crippen molar-refractivity contribution in [3.05, 3.63) is 39.5 Å². The SMILES string of the molecule is O=[C]/C=C/c1ccccc1I. The molecule has 1 rings (SSSR count). The van der Waals surface area contributed by atoms with Gasteiger partial charge < -0.3 is 0 Å². The van der Waals surface area contributed by atoms with Crippen LogP contribution in [-0.2, 0) is 4.79 Å². The molecule has 0 unspecified atom stereocenters. The van der Waals surface area contributed by atoms with Gasteiger partial charge >= 0.3 is 0 Å². The Morgan fingerprint density at radius 2 is 2.09 bits per heavy atom. The van der Waals surface area contributed by atoms with Gasteiger partial charge in [-0.3, -0.25) is 4.79 Å². The molecule has 0 aliphatic rings. The smallest absolute Gasteiger partial charge is 0.225 e. The molecule has 0 bridgehead atoms. The fourth-order valence-corrected chi connectivity index (χ4v) is 1.30. The monoisotopic (exact) mass is 257 g/mol. The largest absolute Gasteiger partial charge is 0.286 e. The molecule has 1 aromatic rings. The van der Waals surface area contributed by atoms with E-state index in [4.69, 9.17) is 0 Å². The highest BCUT2D eigenvalue weighted by Crippen LogP contribution is 2.12. The maximum Gasteiger partial charge on any atom is 0.225 e. The lowest BCUT2D eigenvalue weighted by Crippen LogP contribution is -1.76. The quantitative estimate of drug-likeness (QED) is 0.587. The summed E-state index contributed by atoms with van der Waals surface area (Å²) in [5.74, 6) is 0. The van der Waals surface area contributed by atoms with E-state index in [0.717, 1.165) is 9.13 Å². The Balaban J connectivity index is 2.94. The van der Waals surface area contributed by atoms with Crippen molar-refractivity contribution < 1.29 is 4.79 Å². The number of hydrogen-bond donors (Lipinski definition) is 0. The summed E-state index contributed by atoms with van der Waals surface area (Å²) in [4.78, 5) is 9.88. The Bertz CT molecular complexity index is 279. The average molecular weight is 257 g/mol. The molecule has 1 radical (unpaired) electrons. The van der Waals surface area contributed by atoms with Gasteiger partial charge in [0, 0.05) is 3.57 Å². The van der Waals surface area contributed by atoms with Gasteiger partial charge in [0.05, 0.1) is 0 Å². The van der Waals surface area contributed by atoms with Crippen molar-refractivity contribution in [2.24, 2.45) is 0 Å². The van der Waals surface area contributed by atoms with E-state index in [2.05, 4.69) is 22.6 Å². The number of carbonyl (C=O) groups excluding carboxylic acids is 1. The van der Waals surface area contributed by atoms with Crippen LogP contribution in [0, 0.1) is 3.57 Å². The second-order valence-electron chi connectivity index (χ2n) is 1.97. The molecule has 0 heterocycles. The minimum Gasteiger partial charge on any atom is -0.286 e. The summed E-state index contributed by atoms with van der Waals surface area (Å²) in [6, 6.07) is 7.84. The summed E-state index contributed by atoms with van der Waals surface area (Å²) in [6.07, 6.45) is 4.83. The van der Waals surface area contributed by atoms with Gasteiger partial charge in [0.25, 0.3) is 0 Å². The first-order valence-electron chi connectivity index (χ1n) is 3.13. The number of hydrogen-bond acceptors (Lipinski definition) is 1. The van der Waals surface area contributed by atoms with Crippen LogP contribution in [0.1, 0.15) is 5.56 Å². The molecular formula is C9H6IO. The second-order valence-corrected chi connectivity index (χ2v) is 3.13. The van der Waals surface area contributed by atoms with E-state index < -0.39 is 0 Å². The van der Waals surface area contributed by atoms with E-state index >= 15 is 0 Å². The Hall–Kier alpha value is -0.640. The molecule has 0 N–H and O–H groups in total. The lowest BCUT2D eigenvalue weighted by atomic mass is 10.2. The van der Waals surface area contributed by atoms with Gasteiger partial charge in [-0.05, 0) is 46.4 Å². The van der Waals surface area contributed by atoms with Crippen molar-refractivity contribution in [2.45, 2.75) is 0 Å². The average Bonchev–Trinajstić information content (AvgIpc) is 2.03. The summed E-state index contributed by atoms with van der Waals surface area (Å²) in [6.45, 7) is 0. The Morgan fingerprint density at radius 1 is 1.36 bits per heavy atom. The van der Waals surface area contributed by atoms with Gasteiger partial charge in [-0.25, -0.2) is 0 Å². The first kappa shape index (κ1) is 8.46. The van der Waals surface area contributed by atoms with Gasteiger partial charge in [-0.2, -0.15) is 0 Å². The van der Waals surface area contributed by atoms with E-state index in [9.17, 15) is 4.79 Å². The fourth-order valence-electron chi connectivity index (χ4n) is 0.734. The molecule has 0 spiro atoms. The van der Waals surface area contributed by atoms with Crippen LogP contribution in [0.15, 0.2) is 30.3 Å². The first-order valence-corrected chi connectivity index (χ1v) is 4.21. The van der Waals surface area contributed by atoms with Crippen molar-refractivity contribution in [2.75, 3.05) is 0 Å². The molecule has 0 aromatic heterocycles. The molecule has 0 fully saturated rings. The number of benzene rings is 1. The predicted octanol–water partition coefficient (Wildman–Crippen LogP) is 2.41. The zero-order valence-corrected chi connectivity index (χ0v) is 7.91. The molecule has 0 amide bonds. The highest BCUT2D eigenvalue weighted by molar-refractivity contribution is 14.1. The Morgan fingerprint density at radius 3 is 2.73 bits per heavy atom. The highest BCUT2D eigenvalue weighted by Gasteiger charge is 1.90. The van der Waals surface area contributed by atoms with Gasteiger partial charge in [0.1, 0.15) is 0 Å². The first-order chi connectivity index (χ1) is 5.34. The van der Waals surface area contributed by atoms with Crippen molar-refractivity contribution in [1.82, 2.24) is 0 Å². The lowest BCUT2D eigenvalue weighted by molar-refractivity contribution is 0.564. The maximum atomic E-state index is 9.88. The minimum absolute atomic E-state index is 1.05. The summed E-state index contributed by atoms with van der Waals surface area (Å²) in [7, 11) is 0. The zero-order chi connectivity index (χ0) is 8.10. The third-order valence-electron chi connectivity index (χ3n) is 1.24. The molecule has 0 aliphatic carbocycles. The van der Waals surface area contributed by atoms with Crippen LogP contribution in [-0.4, -0.2) is 6.29 Å². The van der Waals surface area contributed by atoms with Crippen molar-refractivity contribution >= 4 is 35.0 Å². The van der Waals surface area contributed by atoms with Crippen molar-refractivity contribution in [1.29, 1.82) is 0 Å². The van der Waals surface area contributed by atoms with Crippen LogP contribution in [0.5, 0.6) is 0 Å². The van der Waals surface area contributed by atoms with E-state index in [1.54, 1.807) is 12.4 Å². The van der Waals surface area contributed by atoms with Crippen molar-refractivity contribution in [3.8, 4) is 0 Å². The Labute approximate surface area is 79.3 Å². The number of rotatable bonds is 2. The van der Waals surface area contributed by atoms with Crippen LogP contribution < -0.4 is 0 Å². The molecule has 0 aliphatic heterocycles. The summed E-state index contributed by atoms with van der Waals surface area (Å²) < 4.78 is 1.14. The maximum absolute atomic E-state index is 9.88. The molecule has 0 saturated heterocycles. The lowest BCUT2D eigenvalue weighted by Gasteiger charge is -1.94. The van der Waals surface area contributed by atoms with Crippen LogP contribution in [0.25, 0.3) is 6.08 Å². The van der Waals surface area contributed by atoms with Crippen LogP contribution >= 0.6 is 22.6 Å². The van der Waals surface area contributed by atoms with Crippen molar-refractivity contribution in [3.63, 3.8) is 0 Å². The topological polar surface area (TPSA) is 17.1 Å². The van der Waals surface area contributed by atoms with Gasteiger partial charge in [0.2, 0.25) is 6.29 Å². The second kappa shape index (κ2) is 4.28. The van der Waals surface area contributed by atoms with Gasteiger partial charge in [-0.15, -0.1) is 0 Å². The number of allylic oxidation sites excluding steroid dienone is 1. The van der Waals surface area contributed by atoms with E-state index in [-0.39, 0.29) is 0 Å². The molecule has 1 nitrogen and oxygen atoms in total. The van der Waals surface area contributed by atoms with Crippen LogP contribution in [0.2, 0.25) is 0 Å². The van der Waals surface area contributed by atoms with E-state index in [1.165, 1.54) is 6.08 Å². The van der Waals surface area contributed by atoms with E-state index in [0.29, 0.717) is 0 Å². The third-order valence-corrected chi connectivity index (χ3v) is 2.22. The predicted molar refractivity (Wildman–Crippen MR) is 53.9 cm³/mol. The summed E-state index contributed by atoms with van der Waals surface area (Å²) in [5.41, 5.74) is 1.05. The highest BCUT2D eigenvalue weighted by atomic mass is 127. The number of halogens is 1. The van der Waals surface area contributed by atoms with Gasteiger partial charge in [0.15, 0.2) is 0 Å². The molecule has 0 atom stereocenters. The summed E-state index contributed by atoms with van der Waals surface area (Å²) in [5, 5.41) is 0. The molecule has 1 aromatic carbocycles. The van der Waals surface area contributed by atoms with Crippen LogP contribution in [0.3, 0.4) is 0 Å². The molecule has 55 valence electrons. The Kier molecular flexibility index (Phi) is 3.29. The molecule has 0 saturated carbocycles. The normalized spacial score (nSPS) is 10.3. The standard InChI is InChI=1S/C9H6IO/c10-9-6-2-1-4-8(9)5-3-7-11/h1-6H/b5-3+. The third kappa shape index (κ3) is 2.46. The molecular weight excluding hydrogens is 251 g/mol. The fraction of sp³-hybridized carbons (Fsp3) is 0. The minimum atomic E-state index is 1.05. The van der Waals surface area contributed by atoms with E-state index in [1.807, 2.05) is 24.3 Å². The van der Waals surface area contributed by atoms with Gasteiger partial charge in [-0.1, -0.05) is 18.2 Å².